The second kappa shape index (κ2) is 11.4. The number of hydrogen-bond donors (Lipinski definition) is 0. The molecule has 0 saturated heterocycles. The lowest BCUT2D eigenvalue weighted by atomic mass is 10.1. The number of ether oxygens (including phenoxy) is 1. The van der Waals surface area contributed by atoms with Crippen LogP contribution in [0.4, 0.5) is 0 Å². The van der Waals surface area contributed by atoms with Crippen molar-refractivity contribution in [2.75, 3.05) is 6.61 Å². The van der Waals surface area contributed by atoms with Gasteiger partial charge in [-0.3, -0.25) is 4.79 Å². The van der Waals surface area contributed by atoms with Crippen molar-refractivity contribution in [3.05, 3.63) is 89.7 Å². The minimum Gasteiger partial charge on any atom is -0.481 e. The number of carbonyl (C=O) groups excluding carboxylic acids is 2. The minimum atomic E-state index is -0.457. The number of furan rings is 1. The first-order chi connectivity index (χ1) is 17.4. The van der Waals surface area contributed by atoms with E-state index < -0.39 is 5.97 Å². The van der Waals surface area contributed by atoms with Gasteiger partial charge in [0.05, 0.1) is 5.71 Å². The van der Waals surface area contributed by atoms with E-state index in [4.69, 9.17) is 9.15 Å². The molecule has 6 nitrogen and oxygen atoms in total. The maximum Gasteiger partial charge on any atom is 0.331 e. The largest absolute Gasteiger partial charge is 0.481 e. The summed E-state index contributed by atoms with van der Waals surface area (Å²) in [4.78, 5) is 30.6. The molecule has 36 heavy (non-hydrogen) atoms. The van der Waals surface area contributed by atoms with Gasteiger partial charge in [-0.25, -0.2) is 4.79 Å². The second-order valence-corrected chi connectivity index (χ2v) is 8.91. The van der Waals surface area contributed by atoms with Gasteiger partial charge in [-0.15, -0.1) is 5.92 Å². The lowest BCUT2D eigenvalue weighted by molar-refractivity contribution is -0.140. The Morgan fingerprint density at radius 3 is 2.22 bits per heavy atom. The highest BCUT2D eigenvalue weighted by atomic mass is 32.2. The van der Waals surface area contributed by atoms with Crippen molar-refractivity contribution in [2.45, 2.75) is 30.6 Å². The normalized spacial score (nSPS) is 11.0. The highest BCUT2D eigenvalue weighted by Gasteiger charge is 2.15. The van der Waals surface area contributed by atoms with Gasteiger partial charge in [-0.2, -0.15) is 0 Å². The molecule has 3 aromatic carbocycles. The SMILES string of the molecule is CC#CCOc1ccc2cc(C(=O)c3ccc(Sc4ccc(C(C)=NOC(C)=O)cc4)cc3)oc2c1. The third-order valence-electron chi connectivity index (χ3n) is 5.14. The van der Waals surface area contributed by atoms with Crippen LogP contribution in [-0.2, 0) is 9.63 Å². The summed E-state index contributed by atoms with van der Waals surface area (Å²) < 4.78 is 11.4. The molecule has 0 unspecified atom stereocenters. The summed E-state index contributed by atoms with van der Waals surface area (Å²) in [6.45, 7) is 5.14. The van der Waals surface area contributed by atoms with E-state index in [-0.39, 0.29) is 11.5 Å². The van der Waals surface area contributed by atoms with E-state index in [9.17, 15) is 9.59 Å². The number of benzene rings is 3. The van der Waals surface area contributed by atoms with Gasteiger partial charge >= 0.3 is 5.97 Å². The van der Waals surface area contributed by atoms with Gasteiger partial charge in [-0.1, -0.05) is 35.0 Å². The summed E-state index contributed by atoms with van der Waals surface area (Å²) in [5.41, 5.74) is 2.61. The first-order valence-electron chi connectivity index (χ1n) is 11.1. The van der Waals surface area contributed by atoms with E-state index in [1.165, 1.54) is 6.92 Å². The van der Waals surface area contributed by atoms with Crippen LogP contribution in [0.15, 0.2) is 92.2 Å². The molecule has 1 heterocycles. The molecule has 4 aromatic rings. The summed E-state index contributed by atoms with van der Waals surface area (Å²) in [7, 11) is 0. The van der Waals surface area contributed by atoms with Crippen molar-refractivity contribution in [2.24, 2.45) is 5.16 Å². The van der Waals surface area contributed by atoms with Crippen LogP contribution in [0.1, 0.15) is 42.5 Å². The number of carbonyl (C=O) groups is 2. The van der Waals surface area contributed by atoms with Gasteiger partial charge in [0.15, 0.2) is 5.76 Å². The highest BCUT2D eigenvalue weighted by Crippen LogP contribution is 2.29. The van der Waals surface area contributed by atoms with Gasteiger partial charge in [-0.05, 0) is 74.0 Å². The number of hydrogen-bond acceptors (Lipinski definition) is 7. The second-order valence-electron chi connectivity index (χ2n) is 7.77. The Balaban J connectivity index is 1.42. The van der Waals surface area contributed by atoms with Gasteiger partial charge in [0.1, 0.15) is 17.9 Å². The zero-order valence-corrected chi connectivity index (χ0v) is 20.8. The Bertz CT molecular complexity index is 1490. The predicted octanol–water partition coefficient (Wildman–Crippen LogP) is 6.50. The Labute approximate surface area is 213 Å². The number of oxime groups is 1. The number of fused-ring (bicyclic) bond motifs is 1. The fourth-order valence-electron chi connectivity index (χ4n) is 3.31. The molecule has 0 bridgehead atoms. The van der Waals surface area contributed by atoms with Crippen molar-refractivity contribution < 1.29 is 23.6 Å². The van der Waals surface area contributed by atoms with Gasteiger partial charge in [0.2, 0.25) is 5.78 Å². The Morgan fingerprint density at radius 2 is 1.58 bits per heavy atom. The predicted molar refractivity (Wildman–Crippen MR) is 140 cm³/mol. The molecule has 0 aliphatic rings. The van der Waals surface area contributed by atoms with Gasteiger partial charge in [0.25, 0.3) is 0 Å². The molecule has 180 valence electrons. The number of ketones is 1. The molecule has 0 aliphatic heterocycles. The van der Waals surface area contributed by atoms with Crippen molar-refractivity contribution >= 4 is 40.2 Å². The van der Waals surface area contributed by atoms with E-state index in [1.54, 1.807) is 49.9 Å². The first-order valence-corrected chi connectivity index (χ1v) is 12.0. The molecule has 0 saturated carbocycles. The first kappa shape index (κ1) is 24.8. The van der Waals surface area contributed by atoms with E-state index in [0.717, 1.165) is 20.7 Å². The van der Waals surface area contributed by atoms with E-state index in [2.05, 4.69) is 21.8 Å². The van der Waals surface area contributed by atoms with Crippen LogP contribution in [-0.4, -0.2) is 24.1 Å². The van der Waals surface area contributed by atoms with E-state index >= 15 is 0 Å². The molecule has 0 amide bonds. The zero-order valence-electron chi connectivity index (χ0n) is 20.0. The lowest BCUT2D eigenvalue weighted by Crippen LogP contribution is -1.99. The van der Waals surface area contributed by atoms with Crippen LogP contribution in [0.25, 0.3) is 11.0 Å². The minimum absolute atomic E-state index is 0.186. The van der Waals surface area contributed by atoms with Crippen LogP contribution in [0, 0.1) is 11.8 Å². The number of rotatable bonds is 8. The Morgan fingerprint density at radius 1 is 0.917 bits per heavy atom. The zero-order chi connectivity index (χ0) is 25.5. The van der Waals surface area contributed by atoms with Crippen LogP contribution in [0.3, 0.4) is 0 Å². The molecule has 0 N–H and O–H groups in total. The summed E-state index contributed by atoms with van der Waals surface area (Å²) in [6, 6.07) is 22.3. The molecule has 0 atom stereocenters. The monoisotopic (exact) mass is 497 g/mol. The maximum absolute atomic E-state index is 13.0. The van der Waals surface area contributed by atoms with E-state index in [0.29, 0.717) is 29.2 Å². The molecule has 7 heteroatoms. The molecule has 0 spiro atoms. The van der Waals surface area contributed by atoms with Crippen molar-refractivity contribution in [3.8, 4) is 17.6 Å². The van der Waals surface area contributed by atoms with Crippen LogP contribution >= 0.6 is 11.8 Å². The van der Waals surface area contributed by atoms with Crippen molar-refractivity contribution in [1.82, 2.24) is 0 Å². The lowest BCUT2D eigenvalue weighted by Gasteiger charge is -2.05. The summed E-state index contributed by atoms with van der Waals surface area (Å²) >= 11 is 1.57. The topological polar surface area (TPSA) is 78.1 Å². The molecule has 0 fully saturated rings. The molecule has 0 radical (unpaired) electrons. The fourth-order valence-corrected chi connectivity index (χ4v) is 4.12. The van der Waals surface area contributed by atoms with Gasteiger partial charge < -0.3 is 14.0 Å². The number of nitrogens with zero attached hydrogens (tertiary/aromatic N) is 1. The third kappa shape index (κ3) is 6.23. The molecule has 0 aliphatic carbocycles. The van der Waals surface area contributed by atoms with Crippen molar-refractivity contribution in [3.63, 3.8) is 0 Å². The molecule has 4 rings (SSSR count). The maximum atomic E-state index is 13.0. The molecular weight excluding hydrogens is 474 g/mol. The summed E-state index contributed by atoms with van der Waals surface area (Å²) in [6.07, 6.45) is 0. The summed E-state index contributed by atoms with van der Waals surface area (Å²) in [5.74, 6) is 5.90. The average Bonchev–Trinajstić information content (AvgIpc) is 3.31. The Kier molecular flexibility index (Phi) is 7.89. The smallest absolute Gasteiger partial charge is 0.331 e. The van der Waals surface area contributed by atoms with Crippen LogP contribution in [0.5, 0.6) is 5.75 Å². The van der Waals surface area contributed by atoms with E-state index in [1.807, 2.05) is 48.5 Å². The van der Waals surface area contributed by atoms with Crippen molar-refractivity contribution in [1.29, 1.82) is 0 Å². The highest BCUT2D eigenvalue weighted by molar-refractivity contribution is 7.99. The standard InChI is InChI=1S/C29H23NO5S/c1-4-5-16-33-24-11-6-23-17-28(34-27(23)18-24)29(32)22-9-14-26(15-10-22)36-25-12-7-21(8-13-25)19(2)30-35-20(3)31/h6-15,17-18H,16H2,1-3H3. The molecule has 1 aromatic heterocycles. The third-order valence-corrected chi connectivity index (χ3v) is 6.15. The average molecular weight is 498 g/mol. The van der Waals surface area contributed by atoms with Crippen LogP contribution < -0.4 is 4.74 Å². The quantitative estimate of drug-likeness (QED) is 0.0909. The van der Waals surface area contributed by atoms with Crippen LogP contribution in [0.2, 0.25) is 0 Å². The summed E-state index contributed by atoms with van der Waals surface area (Å²) in [5, 5.41) is 4.63. The van der Waals surface area contributed by atoms with Gasteiger partial charge in [0, 0.05) is 33.7 Å². The fraction of sp³-hybridized carbons (Fsp3) is 0.138. The molecular formula is C29H23NO5S. The Hall–Kier alpha value is -4.28.